The van der Waals surface area contributed by atoms with Gasteiger partial charge in [0.25, 0.3) is 0 Å². The summed E-state index contributed by atoms with van der Waals surface area (Å²) < 4.78 is 54.9. The summed E-state index contributed by atoms with van der Waals surface area (Å²) in [6.45, 7) is 5.96. The molecule has 248 valence electrons. The van der Waals surface area contributed by atoms with E-state index in [0.717, 1.165) is 12.8 Å². The summed E-state index contributed by atoms with van der Waals surface area (Å²) in [6, 6.07) is 8.32. The van der Waals surface area contributed by atoms with Crippen LogP contribution in [0, 0.1) is 0 Å². The van der Waals surface area contributed by atoms with Gasteiger partial charge in [0.1, 0.15) is 23.1 Å². The van der Waals surface area contributed by atoms with Gasteiger partial charge < -0.3 is 28.8 Å². The first-order valence-electron chi connectivity index (χ1n) is 14.6. The molecule has 1 N–H and O–H groups in total. The van der Waals surface area contributed by atoms with Crippen LogP contribution in [0.15, 0.2) is 42.1 Å². The normalized spacial score (nSPS) is 13.0. The van der Waals surface area contributed by atoms with Gasteiger partial charge in [-0.2, -0.15) is 0 Å². The van der Waals surface area contributed by atoms with Gasteiger partial charge in [-0.25, -0.2) is 22.5 Å². The SMILES string of the molecule is CCCCc1ncc(C=C(Cc2cc3c(cc2OC)OCO3)C(=O)O)n1-c1ccc(OC)cc1OCN(C=O)S(=O)(=O)C(C)(C)C. The molecule has 46 heavy (non-hydrogen) atoms. The number of carboxylic acids is 1. The fourth-order valence-electron chi connectivity index (χ4n) is 4.73. The highest BCUT2D eigenvalue weighted by Gasteiger charge is 2.35. The molecular formula is C32H39N3O10S. The molecule has 14 heteroatoms. The van der Waals surface area contributed by atoms with E-state index in [0.29, 0.717) is 56.5 Å². The van der Waals surface area contributed by atoms with Crippen molar-refractivity contribution in [3.63, 3.8) is 0 Å². The zero-order valence-electron chi connectivity index (χ0n) is 26.7. The molecule has 2 heterocycles. The van der Waals surface area contributed by atoms with Crippen molar-refractivity contribution in [1.29, 1.82) is 0 Å². The average molecular weight is 658 g/mol. The summed E-state index contributed by atoms with van der Waals surface area (Å²) in [5.74, 6) is 1.54. The molecule has 0 aliphatic carbocycles. The molecule has 13 nitrogen and oxygen atoms in total. The van der Waals surface area contributed by atoms with Gasteiger partial charge in [-0.15, -0.1) is 0 Å². The van der Waals surface area contributed by atoms with Crippen molar-refractivity contribution in [1.82, 2.24) is 13.9 Å². The maximum absolute atomic E-state index is 13.0. The fraction of sp³-hybridized carbons (Fsp3) is 0.406. The lowest BCUT2D eigenvalue weighted by atomic mass is 10.0. The Morgan fingerprint density at radius 1 is 1.11 bits per heavy atom. The second-order valence-electron chi connectivity index (χ2n) is 11.4. The van der Waals surface area contributed by atoms with E-state index in [-0.39, 0.29) is 30.9 Å². The maximum Gasteiger partial charge on any atom is 0.331 e. The molecule has 1 aliphatic heterocycles. The lowest BCUT2D eigenvalue weighted by molar-refractivity contribution is -0.132. The maximum atomic E-state index is 13.0. The number of rotatable bonds is 15. The number of carbonyl (C=O) groups excluding carboxylic acids is 1. The van der Waals surface area contributed by atoms with E-state index in [1.807, 2.05) is 6.92 Å². The van der Waals surface area contributed by atoms with E-state index in [4.69, 9.17) is 23.7 Å². The minimum atomic E-state index is -4.05. The molecule has 0 spiro atoms. The van der Waals surface area contributed by atoms with Crippen molar-refractivity contribution < 1.29 is 46.8 Å². The van der Waals surface area contributed by atoms with E-state index in [9.17, 15) is 23.1 Å². The van der Waals surface area contributed by atoms with Gasteiger partial charge in [-0.1, -0.05) is 13.3 Å². The third-order valence-electron chi connectivity index (χ3n) is 7.32. The van der Waals surface area contributed by atoms with Crippen LogP contribution in [0.25, 0.3) is 11.8 Å². The molecule has 1 aliphatic rings. The van der Waals surface area contributed by atoms with E-state index in [1.54, 1.807) is 41.1 Å². The second-order valence-corrected chi connectivity index (χ2v) is 14.1. The number of imidazole rings is 1. The largest absolute Gasteiger partial charge is 0.497 e. The van der Waals surface area contributed by atoms with Crippen molar-refractivity contribution in [2.24, 2.45) is 0 Å². The molecule has 0 bridgehead atoms. The van der Waals surface area contributed by atoms with Crippen LogP contribution in [0.3, 0.4) is 0 Å². The molecule has 0 unspecified atom stereocenters. The topological polar surface area (TPSA) is 156 Å². The smallest absolute Gasteiger partial charge is 0.331 e. The van der Waals surface area contributed by atoms with Crippen LogP contribution >= 0.6 is 0 Å². The standard InChI is InChI=1S/C32H39N3O10S/c1-7-8-9-30-33-17-23(13-22(31(37)38)12-21-14-28-29(45-20-44-28)16-26(21)42-6)35(30)25-11-10-24(41-5)15-27(25)43-19-34(18-36)46(39,40)32(2,3)4/h10-11,13-18H,7-9,12,19-20H2,1-6H3,(H,37,38). The number of ether oxygens (including phenoxy) is 5. The lowest BCUT2D eigenvalue weighted by Crippen LogP contribution is -2.44. The zero-order chi connectivity index (χ0) is 33.6. The minimum absolute atomic E-state index is 0.00442. The first kappa shape index (κ1) is 34.2. The fourth-order valence-corrected chi connectivity index (χ4v) is 5.73. The predicted molar refractivity (Wildman–Crippen MR) is 169 cm³/mol. The second kappa shape index (κ2) is 14.1. The number of sulfonamides is 1. The molecule has 4 rings (SSSR count). The quantitative estimate of drug-likeness (QED) is 0.139. The number of carboxylic acid groups (broad SMARTS) is 1. The van der Waals surface area contributed by atoms with Gasteiger partial charge in [-0.3, -0.25) is 9.36 Å². The third kappa shape index (κ3) is 7.22. The highest BCUT2D eigenvalue weighted by Crippen LogP contribution is 2.39. The van der Waals surface area contributed by atoms with Gasteiger partial charge in [0.15, 0.2) is 18.2 Å². The van der Waals surface area contributed by atoms with E-state index >= 15 is 0 Å². The van der Waals surface area contributed by atoms with E-state index in [1.165, 1.54) is 41.1 Å². The van der Waals surface area contributed by atoms with E-state index in [2.05, 4.69) is 4.98 Å². The minimum Gasteiger partial charge on any atom is -0.497 e. The number of fused-ring (bicyclic) bond motifs is 1. The molecule has 0 atom stereocenters. The highest BCUT2D eigenvalue weighted by molar-refractivity contribution is 7.90. The first-order valence-corrected chi connectivity index (χ1v) is 16.0. The van der Waals surface area contributed by atoms with Crippen LogP contribution in [0.4, 0.5) is 0 Å². The van der Waals surface area contributed by atoms with Crippen molar-refractivity contribution in [2.75, 3.05) is 27.7 Å². The number of carbonyl (C=O) groups is 2. The summed E-state index contributed by atoms with van der Waals surface area (Å²) in [5.41, 5.74) is 1.51. The van der Waals surface area contributed by atoms with Crippen LogP contribution in [0.2, 0.25) is 0 Å². The van der Waals surface area contributed by atoms with Crippen LogP contribution in [0.5, 0.6) is 28.7 Å². The van der Waals surface area contributed by atoms with Crippen molar-refractivity contribution >= 4 is 28.5 Å². The van der Waals surface area contributed by atoms with Crippen LogP contribution < -0.4 is 23.7 Å². The van der Waals surface area contributed by atoms with Crippen LogP contribution in [0.1, 0.15) is 57.6 Å². The van der Waals surface area contributed by atoms with Gasteiger partial charge in [-0.05, 0) is 51.5 Å². The number of aryl methyl sites for hydroxylation is 1. The molecule has 0 saturated carbocycles. The van der Waals surface area contributed by atoms with Gasteiger partial charge >= 0.3 is 5.97 Å². The number of nitrogens with zero attached hydrogens (tertiary/aromatic N) is 3. The Hall–Kier alpha value is -4.72. The molecule has 0 radical (unpaired) electrons. The summed E-state index contributed by atoms with van der Waals surface area (Å²) in [5, 5.41) is 10.3. The first-order chi connectivity index (χ1) is 21.8. The number of amides is 1. The number of benzene rings is 2. The summed E-state index contributed by atoms with van der Waals surface area (Å²) in [7, 11) is -1.08. The number of aliphatic carboxylic acids is 1. The molecule has 2 aromatic carbocycles. The van der Waals surface area contributed by atoms with Gasteiger partial charge in [0, 0.05) is 36.1 Å². The molecule has 1 aromatic heterocycles. The summed E-state index contributed by atoms with van der Waals surface area (Å²) >= 11 is 0. The number of unbranched alkanes of at least 4 members (excludes halogenated alkanes) is 1. The van der Waals surface area contributed by atoms with Crippen molar-refractivity contribution in [3.8, 4) is 34.4 Å². The Balaban J connectivity index is 1.81. The van der Waals surface area contributed by atoms with Crippen molar-refractivity contribution in [3.05, 3.63) is 59.2 Å². The van der Waals surface area contributed by atoms with Gasteiger partial charge in [0.05, 0.1) is 36.5 Å². The summed E-state index contributed by atoms with van der Waals surface area (Å²) in [6.07, 6.45) is 5.54. The average Bonchev–Trinajstić information content (AvgIpc) is 3.64. The third-order valence-corrected chi connectivity index (χ3v) is 9.68. The Kier molecular flexibility index (Phi) is 10.5. The van der Waals surface area contributed by atoms with Gasteiger partial charge in [0.2, 0.25) is 23.2 Å². The van der Waals surface area contributed by atoms with E-state index < -0.39 is 27.5 Å². The van der Waals surface area contributed by atoms with Crippen molar-refractivity contribution in [2.45, 2.75) is 58.1 Å². The number of methoxy groups -OCH3 is 2. The lowest BCUT2D eigenvalue weighted by Gasteiger charge is -2.27. The molecule has 0 saturated heterocycles. The highest BCUT2D eigenvalue weighted by atomic mass is 32.2. The Bertz CT molecular complexity index is 1720. The van der Waals surface area contributed by atoms with Crippen LogP contribution in [-0.2, 0) is 32.5 Å². The summed E-state index contributed by atoms with van der Waals surface area (Å²) in [4.78, 5) is 29.1. The number of aromatic nitrogens is 2. The molecule has 0 fully saturated rings. The molecule has 1 amide bonds. The van der Waals surface area contributed by atoms with Crippen LogP contribution in [-0.4, -0.2) is 72.3 Å². The zero-order valence-corrected chi connectivity index (χ0v) is 27.5. The molecular weight excluding hydrogens is 618 g/mol. The number of hydrogen-bond donors (Lipinski definition) is 1. The molecule has 3 aromatic rings. The Morgan fingerprint density at radius 3 is 2.43 bits per heavy atom. The Labute approximate surface area is 268 Å². The monoisotopic (exact) mass is 657 g/mol. The number of hydrogen-bond acceptors (Lipinski definition) is 10. The predicted octanol–water partition coefficient (Wildman–Crippen LogP) is 4.59. The Morgan fingerprint density at radius 2 is 1.83 bits per heavy atom.